The van der Waals surface area contributed by atoms with E-state index in [2.05, 4.69) is 11.4 Å². The molecule has 2 heterocycles. The van der Waals surface area contributed by atoms with Crippen molar-refractivity contribution in [3.8, 4) is 0 Å². The molecule has 1 saturated heterocycles. The number of rotatable bonds is 2. The maximum Gasteiger partial charge on any atom is 0.321 e. The molecule has 0 saturated carbocycles. The van der Waals surface area contributed by atoms with E-state index < -0.39 is 0 Å². The van der Waals surface area contributed by atoms with Crippen LogP contribution in [0.2, 0.25) is 0 Å². The van der Waals surface area contributed by atoms with Gasteiger partial charge in [-0.05, 0) is 43.7 Å². The van der Waals surface area contributed by atoms with Gasteiger partial charge in [0.1, 0.15) is 0 Å². The Morgan fingerprint density at radius 1 is 1.30 bits per heavy atom. The largest absolute Gasteiger partial charge is 0.376 e. The number of hydrogen-bond acceptors (Lipinski definition) is 2. The van der Waals surface area contributed by atoms with Crippen molar-refractivity contribution in [1.29, 1.82) is 0 Å². The highest BCUT2D eigenvalue weighted by atomic mass is 16.5. The molecular formula is C16H22N2O2. The van der Waals surface area contributed by atoms with E-state index in [9.17, 15) is 4.79 Å². The van der Waals surface area contributed by atoms with Crippen molar-refractivity contribution < 1.29 is 9.53 Å². The topological polar surface area (TPSA) is 41.6 Å². The van der Waals surface area contributed by atoms with Crippen molar-refractivity contribution in [3.63, 3.8) is 0 Å². The van der Waals surface area contributed by atoms with Gasteiger partial charge in [0.05, 0.1) is 6.10 Å². The Labute approximate surface area is 120 Å². The molecule has 20 heavy (non-hydrogen) atoms. The lowest BCUT2D eigenvalue weighted by Gasteiger charge is -2.24. The van der Waals surface area contributed by atoms with E-state index in [1.807, 2.05) is 23.1 Å². The van der Waals surface area contributed by atoms with Crippen LogP contribution in [-0.2, 0) is 11.2 Å². The van der Waals surface area contributed by atoms with Crippen molar-refractivity contribution in [3.05, 3.63) is 29.8 Å². The number of aryl methyl sites for hydroxylation is 1. The first kappa shape index (κ1) is 13.4. The molecule has 0 aromatic heterocycles. The molecular weight excluding hydrogens is 252 g/mol. The van der Waals surface area contributed by atoms with Gasteiger partial charge in [-0.15, -0.1) is 0 Å². The average molecular weight is 274 g/mol. The Morgan fingerprint density at radius 2 is 2.20 bits per heavy atom. The van der Waals surface area contributed by atoms with E-state index in [0.717, 1.165) is 50.9 Å². The molecule has 1 aromatic carbocycles. The van der Waals surface area contributed by atoms with Gasteiger partial charge in [0.15, 0.2) is 0 Å². The molecule has 1 unspecified atom stereocenters. The molecule has 1 fully saturated rings. The predicted molar refractivity (Wildman–Crippen MR) is 79.1 cm³/mol. The number of urea groups is 1. The average Bonchev–Trinajstić information content (AvgIpc) is 2.90. The first-order valence-electron chi connectivity index (χ1n) is 7.59. The minimum absolute atomic E-state index is 0.00912. The third-order valence-electron chi connectivity index (χ3n) is 4.11. The van der Waals surface area contributed by atoms with Crippen LogP contribution in [0, 0.1) is 0 Å². The third-order valence-corrected chi connectivity index (χ3v) is 4.11. The standard InChI is InChI=1S/C16H22N2O2/c19-16(17-12-14-8-5-11-20-14)18-10-4-3-7-13-6-1-2-9-15(13)18/h1-2,6,9,14H,3-5,7-8,10-12H2,(H,17,19). The second kappa shape index (κ2) is 6.27. The molecule has 108 valence electrons. The van der Waals surface area contributed by atoms with Gasteiger partial charge < -0.3 is 10.1 Å². The lowest BCUT2D eigenvalue weighted by atomic mass is 10.1. The lowest BCUT2D eigenvalue weighted by Crippen LogP contribution is -2.43. The Balaban J connectivity index is 1.67. The Bertz CT molecular complexity index is 469. The number of hydrogen-bond donors (Lipinski definition) is 1. The summed E-state index contributed by atoms with van der Waals surface area (Å²) in [6.45, 7) is 2.25. The SMILES string of the molecule is O=C(NCC1CCCO1)N1CCCCc2ccccc21. The number of para-hydroxylation sites is 1. The van der Waals surface area contributed by atoms with Crippen LogP contribution in [0.25, 0.3) is 0 Å². The molecule has 4 heteroatoms. The minimum Gasteiger partial charge on any atom is -0.376 e. The lowest BCUT2D eigenvalue weighted by molar-refractivity contribution is 0.111. The zero-order valence-electron chi connectivity index (χ0n) is 11.8. The molecule has 2 aliphatic rings. The van der Waals surface area contributed by atoms with Crippen LogP contribution in [-0.4, -0.2) is 31.8 Å². The molecule has 2 aliphatic heterocycles. The van der Waals surface area contributed by atoms with Crippen LogP contribution in [0.3, 0.4) is 0 Å². The fourth-order valence-corrected chi connectivity index (χ4v) is 3.00. The second-order valence-electron chi connectivity index (χ2n) is 5.56. The van der Waals surface area contributed by atoms with Gasteiger partial charge in [0.25, 0.3) is 0 Å². The van der Waals surface area contributed by atoms with Crippen LogP contribution in [0.1, 0.15) is 31.2 Å². The fraction of sp³-hybridized carbons (Fsp3) is 0.562. The summed E-state index contributed by atoms with van der Waals surface area (Å²) in [6, 6.07) is 8.24. The normalized spacial score (nSPS) is 22.2. The van der Waals surface area contributed by atoms with Gasteiger partial charge in [-0.3, -0.25) is 4.90 Å². The highest BCUT2D eigenvalue weighted by Crippen LogP contribution is 2.26. The molecule has 0 aliphatic carbocycles. The van der Waals surface area contributed by atoms with Gasteiger partial charge >= 0.3 is 6.03 Å². The Hall–Kier alpha value is -1.55. The van der Waals surface area contributed by atoms with E-state index in [1.54, 1.807) is 0 Å². The molecule has 4 nitrogen and oxygen atoms in total. The van der Waals surface area contributed by atoms with Crippen LogP contribution >= 0.6 is 0 Å². The summed E-state index contributed by atoms with van der Waals surface area (Å²) >= 11 is 0. The predicted octanol–water partition coefficient (Wildman–Crippen LogP) is 2.72. The summed E-state index contributed by atoms with van der Waals surface area (Å²) in [6.07, 6.45) is 5.62. The van der Waals surface area contributed by atoms with E-state index in [0.29, 0.717) is 6.54 Å². The molecule has 1 aromatic rings. The molecule has 1 atom stereocenters. The van der Waals surface area contributed by atoms with Crippen LogP contribution in [0.4, 0.5) is 10.5 Å². The maximum absolute atomic E-state index is 12.4. The van der Waals surface area contributed by atoms with Crippen LogP contribution < -0.4 is 10.2 Å². The summed E-state index contributed by atoms with van der Waals surface area (Å²) in [5.74, 6) is 0. The fourth-order valence-electron chi connectivity index (χ4n) is 3.00. The van der Waals surface area contributed by atoms with E-state index in [1.165, 1.54) is 5.56 Å². The number of ether oxygens (including phenoxy) is 1. The molecule has 0 radical (unpaired) electrons. The van der Waals surface area contributed by atoms with Gasteiger partial charge in [-0.25, -0.2) is 4.79 Å². The first-order valence-corrected chi connectivity index (χ1v) is 7.59. The molecule has 0 bridgehead atoms. The highest BCUT2D eigenvalue weighted by Gasteiger charge is 2.22. The van der Waals surface area contributed by atoms with Gasteiger partial charge in [0.2, 0.25) is 0 Å². The van der Waals surface area contributed by atoms with Gasteiger partial charge in [-0.1, -0.05) is 18.2 Å². The summed E-state index contributed by atoms with van der Waals surface area (Å²) < 4.78 is 5.55. The number of fused-ring (bicyclic) bond motifs is 1. The number of anilines is 1. The van der Waals surface area contributed by atoms with E-state index in [4.69, 9.17) is 4.74 Å². The van der Waals surface area contributed by atoms with E-state index >= 15 is 0 Å². The molecule has 3 rings (SSSR count). The Kier molecular flexibility index (Phi) is 4.21. The number of amides is 2. The van der Waals surface area contributed by atoms with E-state index in [-0.39, 0.29) is 12.1 Å². The zero-order valence-corrected chi connectivity index (χ0v) is 11.8. The number of benzene rings is 1. The monoisotopic (exact) mass is 274 g/mol. The number of nitrogens with one attached hydrogen (secondary N) is 1. The number of carbonyl (C=O) groups is 1. The Morgan fingerprint density at radius 3 is 3.05 bits per heavy atom. The second-order valence-corrected chi connectivity index (χ2v) is 5.56. The summed E-state index contributed by atoms with van der Waals surface area (Å²) in [4.78, 5) is 14.3. The van der Waals surface area contributed by atoms with Crippen molar-refractivity contribution in [2.24, 2.45) is 0 Å². The number of carbonyl (C=O) groups excluding carboxylic acids is 1. The third kappa shape index (κ3) is 2.96. The van der Waals surface area contributed by atoms with Crippen LogP contribution in [0.5, 0.6) is 0 Å². The highest BCUT2D eigenvalue weighted by molar-refractivity contribution is 5.92. The smallest absolute Gasteiger partial charge is 0.321 e. The van der Waals surface area contributed by atoms with Crippen molar-refractivity contribution in [2.75, 3.05) is 24.6 Å². The first-order chi connectivity index (χ1) is 9.84. The van der Waals surface area contributed by atoms with Crippen LogP contribution in [0.15, 0.2) is 24.3 Å². The zero-order chi connectivity index (χ0) is 13.8. The molecule has 1 N–H and O–H groups in total. The summed E-state index contributed by atoms with van der Waals surface area (Å²) in [5, 5.41) is 3.02. The number of nitrogens with zero attached hydrogens (tertiary/aromatic N) is 1. The minimum atomic E-state index is 0.00912. The molecule has 0 spiro atoms. The molecule has 2 amide bonds. The van der Waals surface area contributed by atoms with Crippen molar-refractivity contribution >= 4 is 11.7 Å². The summed E-state index contributed by atoms with van der Waals surface area (Å²) in [5.41, 5.74) is 2.34. The van der Waals surface area contributed by atoms with Crippen molar-refractivity contribution in [2.45, 2.75) is 38.2 Å². The maximum atomic E-state index is 12.4. The van der Waals surface area contributed by atoms with Gasteiger partial charge in [0, 0.05) is 25.4 Å². The van der Waals surface area contributed by atoms with Crippen molar-refractivity contribution in [1.82, 2.24) is 5.32 Å². The summed E-state index contributed by atoms with van der Waals surface area (Å²) in [7, 11) is 0. The quantitative estimate of drug-likeness (QED) is 0.901. The van der Waals surface area contributed by atoms with Gasteiger partial charge in [-0.2, -0.15) is 0 Å².